The Morgan fingerprint density at radius 1 is 0.870 bits per heavy atom. The molecule has 2 heterocycles. The minimum absolute atomic E-state index is 0.387. The summed E-state index contributed by atoms with van der Waals surface area (Å²) in [5.41, 5.74) is 0. The maximum Gasteiger partial charge on any atom is 0.351 e. The zero-order chi connectivity index (χ0) is 16.7. The molecule has 0 aromatic carbocycles. The molecule has 0 bridgehead atoms. The van der Waals surface area contributed by atoms with E-state index in [-0.39, 0.29) is 0 Å². The molecule has 0 atom stereocenters. The van der Waals surface area contributed by atoms with Gasteiger partial charge in [0.05, 0.1) is 27.4 Å². The van der Waals surface area contributed by atoms with Gasteiger partial charge in [-0.1, -0.05) is 0 Å². The monoisotopic (exact) mass is 356 g/mol. The molecule has 0 saturated carbocycles. The first kappa shape index (κ1) is 17.3. The summed E-state index contributed by atoms with van der Waals surface area (Å²) in [6, 6.07) is 3.46. The summed E-state index contributed by atoms with van der Waals surface area (Å²) in [5.74, 6) is 0.194. The predicted octanol–water partition coefficient (Wildman–Crippen LogP) is 3.23. The Balaban J connectivity index is 1.77. The van der Waals surface area contributed by atoms with Gasteiger partial charge in [0.25, 0.3) is 0 Å². The van der Waals surface area contributed by atoms with Crippen molar-refractivity contribution in [2.75, 3.05) is 27.4 Å². The number of hydrogen-bond donors (Lipinski definition) is 0. The van der Waals surface area contributed by atoms with Crippen molar-refractivity contribution >= 4 is 34.6 Å². The molecule has 0 saturated heterocycles. The fraction of sp³-hybridized carbons (Fsp3) is 0.333. The molecule has 2 aromatic heterocycles. The Bertz CT molecular complexity index is 604. The first-order valence-corrected chi connectivity index (χ1v) is 8.50. The summed E-state index contributed by atoms with van der Waals surface area (Å²) in [6.45, 7) is 0.775. The van der Waals surface area contributed by atoms with Crippen molar-refractivity contribution in [2.24, 2.45) is 0 Å². The first-order chi connectivity index (χ1) is 11.2. The minimum atomic E-state index is -0.410. The second kappa shape index (κ2) is 8.54. The van der Waals surface area contributed by atoms with Crippen LogP contribution in [0.25, 0.3) is 0 Å². The molecule has 0 spiro atoms. The van der Waals surface area contributed by atoms with Gasteiger partial charge in [-0.25, -0.2) is 9.59 Å². The molecule has 0 unspecified atom stereocenters. The molecular formula is C15H16O6S2. The van der Waals surface area contributed by atoms with Crippen LogP contribution in [-0.4, -0.2) is 39.4 Å². The molecule has 23 heavy (non-hydrogen) atoms. The van der Waals surface area contributed by atoms with Crippen molar-refractivity contribution in [2.45, 2.75) is 6.42 Å². The lowest BCUT2D eigenvalue weighted by molar-refractivity contribution is 0.0593. The summed E-state index contributed by atoms with van der Waals surface area (Å²) >= 11 is 2.54. The van der Waals surface area contributed by atoms with Crippen LogP contribution in [0.4, 0.5) is 0 Å². The lowest BCUT2D eigenvalue weighted by atomic mass is 10.4. The topological polar surface area (TPSA) is 71.1 Å². The Morgan fingerprint density at radius 3 is 1.70 bits per heavy atom. The summed E-state index contributed by atoms with van der Waals surface area (Å²) in [7, 11) is 2.67. The second-order valence-electron chi connectivity index (χ2n) is 4.26. The Morgan fingerprint density at radius 2 is 1.30 bits per heavy atom. The summed E-state index contributed by atoms with van der Waals surface area (Å²) < 4.78 is 20.5. The van der Waals surface area contributed by atoms with Gasteiger partial charge in [0, 0.05) is 6.42 Å². The number of carbonyl (C=O) groups excluding carboxylic acids is 2. The number of ether oxygens (including phenoxy) is 4. The number of hydrogen-bond acceptors (Lipinski definition) is 8. The van der Waals surface area contributed by atoms with E-state index in [2.05, 4.69) is 9.47 Å². The van der Waals surface area contributed by atoms with Gasteiger partial charge in [-0.2, -0.15) is 0 Å². The van der Waals surface area contributed by atoms with Crippen LogP contribution in [-0.2, 0) is 9.47 Å². The molecule has 0 aliphatic rings. The number of methoxy groups -OCH3 is 2. The van der Waals surface area contributed by atoms with Crippen molar-refractivity contribution in [1.29, 1.82) is 0 Å². The number of thiophene rings is 2. The molecule has 0 aliphatic heterocycles. The largest absolute Gasteiger partial charge is 0.492 e. The zero-order valence-corrected chi connectivity index (χ0v) is 14.3. The molecule has 8 heteroatoms. The highest BCUT2D eigenvalue weighted by Crippen LogP contribution is 2.27. The van der Waals surface area contributed by atoms with Crippen LogP contribution in [0, 0.1) is 0 Å². The third kappa shape index (κ3) is 4.46. The van der Waals surface area contributed by atoms with Crippen LogP contribution in [0.2, 0.25) is 0 Å². The van der Waals surface area contributed by atoms with Gasteiger partial charge in [-0.15, -0.1) is 22.7 Å². The van der Waals surface area contributed by atoms with Gasteiger partial charge in [-0.05, 0) is 22.9 Å². The highest BCUT2D eigenvalue weighted by Gasteiger charge is 2.16. The Labute approximate surface area is 141 Å². The molecule has 2 aromatic rings. The average molecular weight is 356 g/mol. The van der Waals surface area contributed by atoms with E-state index in [9.17, 15) is 9.59 Å². The number of rotatable bonds is 8. The maximum absolute atomic E-state index is 11.5. The number of esters is 2. The summed E-state index contributed by atoms with van der Waals surface area (Å²) in [6.07, 6.45) is 0.604. The number of carbonyl (C=O) groups is 2. The molecule has 0 amide bonds. The van der Waals surface area contributed by atoms with Gasteiger partial charge < -0.3 is 18.9 Å². The molecular weight excluding hydrogens is 340 g/mol. The Kier molecular flexibility index (Phi) is 6.42. The van der Waals surface area contributed by atoms with Crippen molar-refractivity contribution in [3.8, 4) is 11.5 Å². The molecule has 0 aliphatic carbocycles. The van der Waals surface area contributed by atoms with Crippen molar-refractivity contribution in [3.63, 3.8) is 0 Å². The van der Waals surface area contributed by atoms with Gasteiger partial charge in [0.1, 0.15) is 11.5 Å². The van der Waals surface area contributed by atoms with Gasteiger partial charge in [0.2, 0.25) is 0 Å². The van der Waals surface area contributed by atoms with Gasteiger partial charge in [0.15, 0.2) is 9.75 Å². The lowest BCUT2D eigenvalue weighted by Crippen LogP contribution is -2.08. The van der Waals surface area contributed by atoms with Crippen LogP contribution < -0.4 is 9.47 Å². The van der Waals surface area contributed by atoms with E-state index in [1.54, 1.807) is 22.9 Å². The van der Waals surface area contributed by atoms with E-state index >= 15 is 0 Å². The lowest BCUT2D eigenvalue weighted by Gasteiger charge is -2.08. The van der Waals surface area contributed by atoms with Crippen LogP contribution in [0.1, 0.15) is 25.8 Å². The normalized spacial score (nSPS) is 10.2. The predicted molar refractivity (Wildman–Crippen MR) is 86.9 cm³/mol. The van der Waals surface area contributed by atoms with Crippen LogP contribution in [0.5, 0.6) is 11.5 Å². The van der Waals surface area contributed by atoms with E-state index in [0.717, 1.165) is 0 Å². The maximum atomic E-state index is 11.5. The smallest absolute Gasteiger partial charge is 0.351 e. The second-order valence-corrected chi connectivity index (χ2v) is 6.09. The van der Waals surface area contributed by atoms with Gasteiger partial charge in [-0.3, -0.25) is 0 Å². The van der Waals surface area contributed by atoms with E-state index in [0.29, 0.717) is 40.9 Å². The third-order valence-corrected chi connectivity index (χ3v) is 4.56. The van der Waals surface area contributed by atoms with E-state index in [1.165, 1.54) is 36.9 Å². The Hall–Kier alpha value is -2.06. The molecule has 0 N–H and O–H groups in total. The fourth-order valence-corrected chi connectivity index (χ4v) is 3.23. The average Bonchev–Trinajstić information content (AvgIpc) is 3.22. The van der Waals surface area contributed by atoms with E-state index < -0.39 is 11.9 Å². The SMILES string of the molecule is COC(=O)c1sccc1OCCCOc1ccsc1C(=O)OC. The molecule has 0 radical (unpaired) electrons. The molecule has 6 nitrogen and oxygen atoms in total. The van der Waals surface area contributed by atoms with E-state index in [4.69, 9.17) is 9.47 Å². The van der Waals surface area contributed by atoms with Crippen LogP contribution in [0.15, 0.2) is 22.9 Å². The van der Waals surface area contributed by atoms with Crippen LogP contribution >= 0.6 is 22.7 Å². The summed E-state index contributed by atoms with van der Waals surface area (Å²) in [5, 5.41) is 3.54. The highest BCUT2D eigenvalue weighted by atomic mass is 32.1. The molecule has 2 rings (SSSR count). The van der Waals surface area contributed by atoms with Crippen molar-refractivity contribution in [3.05, 3.63) is 32.6 Å². The summed E-state index contributed by atoms with van der Waals surface area (Å²) in [4.78, 5) is 23.9. The van der Waals surface area contributed by atoms with Crippen LogP contribution in [0.3, 0.4) is 0 Å². The fourth-order valence-electron chi connectivity index (χ4n) is 1.73. The van der Waals surface area contributed by atoms with Crippen molar-refractivity contribution < 1.29 is 28.5 Å². The first-order valence-electron chi connectivity index (χ1n) is 6.74. The van der Waals surface area contributed by atoms with Crippen molar-refractivity contribution in [1.82, 2.24) is 0 Å². The molecule has 124 valence electrons. The third-order valence-electron chi connectivity index (χ3n) is 2.80. The zero-order valence-electron chi connectivity index (χ0n) is 12.7. The highest BCUT2D eigenvalue weighted by molar-refractivity contribution is 7.12. The van der Waals surface area contributed by atoms with E-state index in [1.807, 2.05) is 0 Å². The molecule has 0 fully saturated rings. The minimum Gasteiger partial charge on any atom is -0.492 e. The van der Waals surface area contributed by atoms with Gasteiger partial charge >= 0.3 is 11.9 Å². The standard InChI is InChI=1S/C15H16O6S2/c1-18-14(16)12-10(4-8-22-12)20-6-3-7-21-11-5-9-23-13(11)15(17)19-2/h4-5,8-9H,3,6-7H2,1-2H3. The quantitative estimate of drug-likeness (QED) is 0.534.